The van der Waals surface area contributed by atoms with Gasteiger partial charge in [0.25, 0.3) is 0 Å². The molecule has 1 aromatic carbocycles. The fraction of sp³-hybridized carbons (Fsp3) is 0.111. The summed E-state index contributed by atoms with van der Waals surface area (Å²) >= 11 is 1.17. The molecule has 0 spiro atoms. The molecule has 2 rings (SSSR count). The Balaban J connectivity index is 2.82. The summed E-state index contributed by atoms with van der Waals surface area (Å²) in [4.78, 5) is 0. The molecule has 0 fully saturated rings. The Morgan fingerprint density at radius 1 is 1.31 bits per heavy atom. The highest BCUT2D eigenvalue weighted by atomic mass is 32.1. The van der Waals surface area contributed by atoms with Crippen molar-refractivity contribution >= 4 is 21.4 Å². The van der Waals surface area contributed by atoms with E-state index in [9.17, 15) is 8.78 Å². The fourth-order valence-corrected chi connectivity index (χ4v) is 2.18. The van der Waals surface area contributed by atoms with E-state index < -0.39 is 11.6 Å². The van der Waals surface area contributed by atoms with E-state index in [1.54, 1.807) is 5.38 Å². The van der Waals surface area contributed by atoms with E-state index in [4.69, 9.17) is 5.11 Å². The zero-order valence-corrected chi connectivity index (χ0v) is 7.37. The lowest BCUT2D eigenvalue weighted by Gasteiger charge is -1.95. The third kappa shape index (κ3) is 1.32. The van der Waals surface area contributed by atoms with Crippen molar-refractivity contribution in [3.8, 4) is 0 Å². The first-order chi connectivity index (χ1) is 6.22. The highest BCUT2D eigenvalue weighted by Crippen LogP contribution is 2.29. The smallest absolute Gasteiger partial charge is 0.143 e. The van der Waals surface area contributed by atoms with E-state index in [-0.39, 0.29) is 6.61 Å². The van der Waals surface area contributed by atoms with Crippen molar-refractivity contribution in [3.05, 3.63) is 34.7 Å². The largest absolute Gasteiger partial charge is 0.392 e. The van der Waals surface area contributed by atoms with Crippen molar-refractivity contribution in [1.29, 1.82) is 0 Å². The van der Waals surface area contributed by atoms with Crippen LogP contribution in [0.5, 0.6) is 0 Å². The number of hydrogen-bond acceptors (Lipinski definition) is 2. The number of aliphatic hydroxyl groups excluding tert-OH is 1. The molecule has 68 valence electrons. The first kappa shape index (κ1) is 8.59. The van der Waals surface area contributed by atoms with Gasteiger partial charge in [-0.15, -0.1) is 11.3 Å². The molecule has 0 saturated heterocycles. The lowest BCUT2D eigenvalue weighted by Crippen LogP contribution is -1.83. The second kappa shape index (κ2) is 3.05. The quantitative estimate of drug-likeness (QED) is 0.750. The Bertz CT molecular complexity index is 450. The number of rotatable bonds is 1. The third-order valence-corrected chi connectivity index (χ3v) is 2.90. The number of thiophene rings is 1. The molecule has 13 heavy (non-hydrogen) atoms. The van der Waals surface area contributed by atoms with Gasteiger partial charge in [-0.2, -0.15) is 0 Å². The molecule has 1 aromatic heterocycles. The number of aliphatic hydroxyl groups is 1. The summed E-state index contributed by atoms with van der Waals surface area (Å²) in [5, 5.41) is 11.0. The maximum absolute atomic E-state index is 13.1. The molecule has 0 unspecified atom stereocenters. The molecule has 0 bridgehead atoms. The first-order valence-electron chi connectivity index (χ1n) is 3.68. The Labute approximate surface area is 77.2 Å². The van der Waals surface area contributed by atoms with Gasteiger partial charge in [0, 0.05) is 11.5 Å². The fourth-order valence-electron chi connectivity index (χ4n) is 1.23. The van der Waals surface area contributed by atoms with Crippen LogP contribution in [0.25, 0.3) is 10.1 Å². The van der Waals surface area contributed by atoms with Gasteiger partial charge in [-0.25, -0.2) is 8.78 Å². The van der Waals surface area contributed by atoms with E-state index in [1.165, 1.54) is 17.4 Å². The summed E-state index contributed by atoms with van der Waals surface area (Å²) < 4.78 is 26.3. The Morgan fingerprint density at radius 2 is 2.08 bits per heavy atom. The maximum atomic E-state index is 13.1. The van der Waals surface area contributed by atoms with E-state index in [1.807, 2.05) is 0 Å². The maximum Gasteiger partial charge on any atom is 0.143 e. The molecule has 0 radical (unpaired) electrons. The van der Waals surface area contributed by atoms with Crippen molar-refractivity contribution in [2.45, 2.75) is 6.61 Å². The summed E-state index contributed by atoms with van der Waals surface area (Å²) in [5.74, 6) is -1.18. The van der Waals surface area contributed by atoms with Gasteiger partial charge in [-0.05, 0) is 17.0 Å². The molecule has 0 atom stereocenters. The van der Waals surface area contributed by atoms with Crippen LogP contribution in [0.3, 0.4) is 0 Å². The molecule has 2 aromatic rings. The van der Waals surface area contributed by atoms with Crippen molar-refractivity contribution in [2.24, 2.45) is 0 Å². The molecule has 1 heterocycles. The molecule has 1 N–H and O–H groups in total. The molecule has 0 aliphatic carbocycles. The highest BCUT2D eigenvalue weighted by molar-refractivity contribution is 7.17. The Morgan fingerprint density at radius 3 is 2.77 bits per heavy atom. The van der Waals surface area contributed by atoms with Crippen molar-refractivity contribution in [2.75, 3.05) is 0 Å². The Kier molecular flexibility index (Phi) is 2.01. The SMILES string of the molecule is OCc1csc2c(F)cc(F)cc12. The van der Waals surface area contributed by atoms with E-state index in [0.717, 1.165) is 6.07 Å². The summed E-state index contributed by atoms with van der Waals surface area (Å²) in [6.07, 6.45) is 0. The zero-order valence-electron chi connectivity index (χ0n) is 6.55. The molecular formula is C9H6F2OS. The summed E-state index contributed by atoms with van der Waals surface area (Å²) in [5.41, 5.74) is 0.568. The normalized spacial score (nSPS) is 11.0. The predicted molar refractivity (Wildman–Crippen MR) is 47.7 cm³/mol. The van der Waals surface area contributed by atoms with Crippen LogP contribution < -0.4 is 0 Å². The topological polar surface area (TPSA) is 20.2 Å². The lowest BCUT2D eigenvalue weighted by atomic mass is 10.2. The molecule has 1 nitrogen and oxygen atoms in total. The number of fused-ring (bicyclic) bond motifs is 1. The minimum atomic E-state index is -0.613. The third-order valence-electron chi connectivity index (χ3n) is 1.84. The highest BCUT2D eigenvalue weighted by Gasteiger charge is 2.09. The van der Waals surface area contributed by atoms with Gasteiger partial charge in [-0.1, -0.05) is 0 Å². The molecule has 4 heteroatoms. The van der Waals surface area contributed by atoms with Crippen molar-refractivity contribution < 1.29 is 13.9 Å². The van der Waals surface area contributed by atoms with Crippen LogP contribution in [0.2, 0.25) is 0 Å². The number of benzene rings is 1. The second-order valence-electron chi connectivity index (χ2n) is 2.68. The van der Waals surface area contributed by atoms with Gasteiger partial charge >= 0.3 is 0 Å². The van der Waals surface area contributed by atoms with Crippen LogP contribution in [-0.4, -0.2) is 5.11 Å². The standard InChI is InChI=1S/C9H6F2OS/c10-6-1-7-5(3-12)4-13-9(7)8(11)2-6/h1-2,4,12H,3H2. The average molecular weight is 200 g/mol. The first-order valence-corrected chi connectivity index (χ1v) is 4.56. The van der Waals surface area contributed by atoms with Crippen LogP contribution in [0.15, 0.2) is 17.5 Å². The number of hydrogen-bond donors (Lipinski definition) is 1. The van der Waals surface area contributed by atoms with Gasteiger partial charge in [-0.3, -0.25) is 0 Å². The zero-order chi connectivity index (χ0) is 9.42. The summed E-state index contributed by atoms with van der Waals surface area (Å²) in [6.45, 7) is -0.192. The minimum absolute atomic E-state index is 0.192. The van der Waals surface area contributed by atoms with Crippen molar-refractivity contribution in [3.63, 3.8) is 0 Å². The van der Waals surface area contributed by atoms with Gasteiger partial charge in [0.15, 0.2) is 0 Å². The molecule has 0 aliphatic rings. The van der Waals surface area contributed by atoms with Crippen molar-refractivity contribution in [1.82, 2.24) is 0 Å². The van der Waals surface area contributed by atoms with Gasteiger partial charge in [0.05, 0.1) is 11.3 Å². The van der Waals surface area contributed by atoms with E-state index >= 15 is 0 Å². The minimum Gasteiger partial charge on any atom is -0.392 e. The Hall–Kier alpha value is -1.00. The van der Waals surface area contributed by atoms with Crippen LogP contribution >= 0.6 is 11.3 Å². The molecular weight excluding hydrogens is 194 g/mol. The molecule has 0 saturated carbocycles. The van der Waals surface area contributed by atoms with Crippen LogP contribution in [0, 0.1) is 11.6 Å². The van der Waals surface area contributed by atoms with Gasteiger partial charge < -0.3 is 5.11 Å². The molecule has 0 aliphatic heterocycles. The van der Waals surface area contributed by atoms with Gasteiger partial charge in [0.1, 0.15) is 11.6 Å². The van der Waals surface area contributed by atoms with Gasteiger partial charge in [0.2, 0.25) is 0 Å². The predicted octanol–water partition coefficient (Wildman–Crippen LogP) is 2.67. The lowest BCUT2D eigenvalue weighted by molar-refractivity contribution is 0.284. The van der Waals surface area contributed by atoms with Crippen LogP contribution in [0.1, 0.15) is 5.56 Å². The number of halogens is 2. The van der Waals surface area contributed by atoms with Crippen LogP contribution in [-0.2, 0) is 6.61 Å². The molecule has 0 amide bonds. The second-order valence-corrected chi connectivity index (χ2v) is 3.56. The monoisotopic (exact) mass is 200 g/mol. The van der Waals surface area contributed by atoms with E-state index in [0.29, 0.717) is 15.6 Å². The summed E-state index contributed by atoms with van der Waals surface area (Å²) in [6, 6.07) is 2.08. The van der Waals surface area contributed by atoms with E-state index in [2.05, 4.69) is 0 Å². The van der Waals surface area contributed by atoms with Crippen LogP contribution in [0.4, 0.5) is 8.78 Å². The summed E-state index contributed by atoms with van der Waals surface area (Å²) in [7, 11) is 0. The average Bonchev–Trinajstić information content (AvgIpc) is 2.47.